The molecule has 10 atom stereocenters. The number of carbonyl (C=O) groups is 4. The summed E-state index contributed by atoms with van der Waals surface area (Å²) in [7, 11) is 6.79. The molecule has 3 heterocycles. The largest absolute Gasteiger partial charge is 0.394 e. The molecule has 0 saturated carbocycles. The molecular weight excluding hydrogens is 636 g/mol. The molecule has 0 aliphatic carbocycles. The number of aliphatic hydroxyl groups excluding tert-OH is 5. The molecule has 0 aromatic heterocycles. The van der Waals surface area contributed by atoms with Gasteiger partial charge in [-0.15, -0.1) is 0 Å². The first kappa shape index (κ1) is 38.8. The van der Waals surface area contributed by atoms with E-state index in [0.717, 1.165) is 5.96 Å². The highest BCUT2D eigenvalue weighted by molar-refractivity contribution is 5.94. The van der Waals surface area contributed by atoms with Crippen molar-refractivity contribution in [1.82, 2.24) is 36.0 Å². The number of ether oxygens (including phenoxy) is 1. The van der Waals surface area contributed by atoms with Gasteiger partial charge in [0, 0.05) is 47.7 Å². The second-order valence-electron chi connectivity index (χ2n) is 12.4. The van der Waals surface area contributed by atoms with Gasteiger partial charge in [-0.2, -0.15) is 0 Å². The molecule has 3 aliphatic heterocycles. The van der Waals surface area contributed by atoms with E-state index in [4.69, 9.17) is 10.5 Å². The van der Waals surface area contributed by atoms with Crippen LogP contribution in [0.5, 0.6) is 0 Å². The molecule has 0 bridgehead atoms. The Morgan fingerprint density at radius 2 is 1.73 bits per heavy atom. The third kappa shape index (κ3) is 8.31. The fourth-order valence-corrected chi connectivity index (χ4v) is 6.35. The number of nitrogens with zero attached hydrogens (tertiary/aromatic N) is 5. The molecule has 20 nitrogen and oxygen atoms in total. The molecule has 3 saturated heterocycles. The molecule has 0 aromatic carbocycles. The van der Waals surface area contributed by atoms with Crippen molar-refractivity contribution in [3.63, 3.8) is 0 Å². The van der Waals surface area contributed by atoms with E-state index < -0.39 is 85.2 Å². The van der Waals surface area contributed by atoms with Crippen LogP contribution in [0.15, 0.2) is 9.98 Å². The molecule has 48 heavy (non-hydrogen) atoms. The predicted octanol–water partition coefficient (Wildman–Crippen LogP) is -6.95. The van der Waals surface area contributed by atoms with E-state index in [2.05, 4.69) is 31.3 Å². The number of rotatable bonds is 14. The topological polar surface area (TPSA) is 287 Å². The van der Waals surface area contributed by atoms with Crippen molar-refractivity contribution in [1.29, 1.82) is 0 Å². The number of aldehydes is 1. The van der Waals surface area contributed by atoms with Gasteiger partial charge >= 0.3 is 0 Å². The second-order valence-corrected chi connectivity index (χ2v) is 12.4. The van der Waals surface area contributed by atoms with Gasteiger partial charge < -0.3 is 76.8 Å². The summed E-state index contributed by atoms with van der Waals surface area (Å²) in [6, 6.07) is -4.11. The summed E-state index contributed by atoms with van der Waals surface area (Å²) < 4.78 is 5.82. The Hall–Kier alpha value is -3.66. The van der Waals surface area contributed by atoms with E-state index in [-0.39, 0.29) is 37.9 Å². The van der Waals surface area contributed by atoms with E-state index in [1.165, 1.54) is 11.9 Å². The van der Waals surface area contributed by atoms with Crippen LogP contribution in [-0.2, 0) is 23.9 Å². The van der Waals surface area contributed by atoms with E-state index in [1.54, 1.807) is 14.0 Å². The van der Waals surface area contributed by atoms with Crippen LogP contribution in [0.4, 0.5) is 0 Å². The Kier molecular flexibility index (Phi) is 13.4. The maximum absolute atomic E-state index is 13.8. The number of nitrogens with two attached hydrogens (primary N) is 1. The molecule has 3 fully saturated rings. The summed E-state index contributed by atoms with van der Waals surface area (Å²) in [5, 5.41) is 61.9. The highest BCUT2D eigenvalue weighted by Gasteiger charge is 2.54. The van der Waals surface area contributed by atoms with Crippen molar-refractivity contribution >= 4 is 35.9 Å². The summed E-state index contributed by atoms with van der Waals surface area (Å²) in [5.74, 6) is -1.48. The van der Waals surface area contributed by atoms with Gasteiger partial charge in [0.1, 0.15) is 42.8 Å². The lowest BCUT2D eigenvalue weighted by atomic mass is 9.89. The molecule has 20 heteroatoms. The molecule has 3 rings (SSSR count). The number of nitrogens with one attached hydrogen (secondary N) is 4. The summed E-state index contributed by atoms with van der Waals surface area (Å²) in [6.45, 7) is 0.458. The van der Waals surface area contributed by atoms with Crippen LogP contribution in [0.1, 0.15) is 19.8 Å². The summed E-state index contributed by atoms with van der Waals surface area (Å²) in [5.41, 5.74) is 5.13. The molecule has 0 aromatic rings. The Morgan fingerprint density at radius 1 is 1.06 bits per heavy atom. The highest BCUT2D eigenvalue weighted by Crippen LogP contribution is 2.34. The standard InChI is InChI=1S/C28H50N10O10/c1-28(13-33-26(30-2)38(28)25-21(44)20(43)19(42)18(12-41)48-25)9-16(24(47)35-17(11-40)23(46)32-6-7-39)34-22(45)15(29)8-14-10-36(4)27(31-3)37(14)5/h7,14-21,25,40-44H,6,8-13,29H2,1-5H3,(H,30,33)(H,32,46)(H,34,45)(H,35,47)/t14?,15-,16+,17-,18+,19+,20-,21-,25-,28?/m0/s1. The number of guanidine groups is 2. The molecule has 3 amide bonds. The van der Waals surface area contributed by atoms with E-state index in [1.807, 2.05) is 23.9 Å². The fraction of sp³-hybridized carbons (Fsp3) is 0.786. The Morgan fingerprint density at radius 3 is 2.29 bits per heavy atom. The van der Waals surface area contributed by atoms with Gasteiger partial charge in [0.2, 0.25) is 17.7 Å². The molecule has 3 aliphatic rings. The van der Waals surface area contributed by atoms with Gasteiger partial charge in [0.25, 0.3) is 0 Å². The van der Waals surface area contributed by atoms with E-state index >= 15 is 0 Å². The third-order valence-electron chi connectivity index (χ3n) is 8.97. The molecule has 272 valence electrons. The second kappa shape index (κ2) is 16.6. The minimum Gasteiger partial charge on any atom is -0.394 e. The number of amides is 3. The van der Waals surface area contributed by atoms with Gasteiger partial charge in [-0.05, 0) is 13.3 Å². The normalized spacial score (nSPS) is 32.5. The zero-order valence-electron chi connectivity index (χ0n) is 27.8. The fourth-order valence-electron chi connectivity index (χ4n) is 6.35. The van der Waals surface area contributed by atoms with Gasteiger partial charge in [-0.3, -0.25) is 24.4 Å². The Balaban J connectivity index is 1.92. The molecular formula is C28H50N10O10. The number of likely N-dealkylation sites (N-methyl/N-ethyl adjacent to an activating group) is 2. The van der Waals surface area contributed by atoms with Crippen LogP contribution in [0.25, 0.3) is 0 Å². The van der Waals surface area contributed by atoms with Crippen LogP contribution in [0.2, 0.25) is 0 Å². The SMILES string of the molecule is CN=C1N(C)CC(C[C@H](N)C(=O)N[C@H](CC2(C)CNC(=NC)N2[C@H]2O[C@H](CO)[C@@H](O)[C@H](O)[C@@H]2O)C(=O)N[C@@H](CO)C(=O)NCC=O)N1C. The van der Waals surface area contributed by atoms with Crippen LogP contribution in [-0.4, -0.2) is 198 Å². The first-order chi connectivity index (χ1) is 22.7. The predicted molar refractivity (Wildman–Crippen MR) is 170 cm³/mol. The number of hydrogen-bond donors (Lipinski definition) is 10. The van der Waals surface area contributed by atoms with E-state index in [9.17, 15) is 44.7 Å². The number of aliphatic imine (C=N–C) groups is 2. The first-order valence-electron chi connectivity index (χ1n) is 15.6. The quantitative estimate of drug-likeness (QED) is 0.0760. The molecule has 0 spiro atoms. The molecule has 11 N–H and O–H groups in total. The van der Waals surface area contributed by atoms with Gasteiger partial charge in [-0.1, -0.05) is 0 Å². The van der Waals surface area contributed by atoms with Crippen LogP contribution >= 0.6 is 0 Å². The summed E-state index contributed by atoms with van der Waals surface area (Å²) in [6.07, 6.45) is -7.21. The Bertz CT molecular complexity index is 1220. The van der Waals surface area contributed by atoms with E-state index in [0.29, 0.717) is 12.8 Å². The number of hydrogen-bond acceptors (Lipinski definition) is 13. The minimum atomic E-state index is -1.71. The molecule has 0 radical (unpaired) electrons. The van der Waals surface area contributed by atoms with Crippen molar-refractivity contribution in [3.8, 4) is 0 Å². The van der Waals surface area contributed by atoms with Crippen molar-refractivity contribution in [2.45, 2.75) is 80.1 Å². The van der Waals surface area contributed by atoms with Gasteiger partial charge in [0.15, 0.2) is 18.1 Å². The Labute approximate surface area is 278 Å². The first-order valence-corrected chi connectivity index (χ1v) is 15.6. The minimum absolute atomic E-state index is 0.0853. The van der Waals surface area contributed by atoms with Gasteiger partial charge in [-0.25, -0.2) is 0 Å². The third-order valence-corrected chi connectivity index (χ3v) is 8.97. The monoisotopic (exact) mass is 686 g/mol. The van der Waals surface area contributed by atoms with Crippen molar-refractivity contribution in [2.24, 2.45) is 15.7 Å². The maximum Gasteiger partial charge on any atom is 0.245 e. The number of carbonyl (C=O) groups excluding carboxylic acids is 4. The maximum atomic E-state index is 13.8. The summed E-state index contributed by atoms with van der Waals surface area (Å²) >= 11 is 0. The van der Waals surface area contributed by atoms with Crippen LogP contribution in [0.3, 0.4) is 0 Å². The highest BCUT2D eigenvalue weighted by atomic mass is 16.6. The number of aliphatic hydroxyl groups is 5. The lowest BCUT2D eigenvalue weighted by Gasteiger charge is -2.48. The van der Waals surface area contributed by atoms with Crippen molar-refractivity contribution in [2.75, 3.05) is 61.0 Å². The molecule has 2 unspecified atom stereocenters. The zero-order chi connectivity index (χ0) is 35.9. The lowest BCUT2D eigenvalue weighted by molar-refractivity contribution is -0.263. The lowest BCUT2D eigenvalue weighted by Crippen LogP contribution is -2.68. The van der Waals surface area contributed by atoms with Crippen LogP contribution < -0.4 is 27.0 Å². The van der Waals surface area contributed by atoms with Crippen molar-refractivity contribution < 1.29 is 49.4 Å². The van der Waals surface area contributed by atoms with Crippen molar-refractivity contribution in [3.05, 3.63) is 0 Å². The average molecular weight is 687 g/mol. The van der Waals surface area contributed by atoms with Gasteiger partial charge in [0.05, 0.1) is 37.4 Å². The van der Waals surface area contributed by atoms with Crippen LogP contribution in [0, 0.1) is 0 Å². The zero-order valence-corrected chi connectivity index (χ0v) is 27.8. The average Bonchev–Trinajstić information content (AvgIpc) is 3.53. The smallest absolute Gasteiger partial charge is 0.245 e. The summed E-state index contributed by atoms with van der Waals surface area (Å²) in [4.78, 5) is 64.3.